The molecule has 0 aliphatic heterocycles. The van der Waals surface area contributed by atoms with Crippen LogP contribution in [-0.4, -0.2) is 19.3 Å². The van der Waals surface area contributed by atoms with Crippen LogP contribution in [0.25, 0.3) is 0 Å². The first-order valence-corrected chi connectivity index (χ1v) is 9.60. The van der Waals surface area contributed by atoms with Gasteiger partial charge in [-0.2, -0.15) is 0 Å². The molecule has 3 aromatic carbocycles. The summed E-state index contributed by atoms with van der Waals surface area (Å²) in [6.07, 6.45) is 0.137. The molecule has 0 aromatic heterocycles. The van der Waals surface area contributed by atoms with Crippen molar-refractivity contribution < 1.29 is 14.2 Å². The maximum Gasteiger partial charge on any atom is 0.142 e. The molecule has 0 unspecified atom stereocenters. The van der Waals surface area contributed by atoms with E-state index in [1.165, 1.54) is 0 Å². The van der Waals surface area contributed by atoms with Gasteiger partial charge in [0.15, 0.2) is 0 Å². The minimum atomic E-state index is 0.137. The summed E-state index contributed by atoms with van der Waals surface area (Å²) in [7, 11) is 0. The van der Waals surface area contributed by atoms with Crippen molar-refractivity contribution in [3.8, 4) is 17.2 Å². The third kappa shape index (κ3) is 6.23. The van der Waals surface area contributed by atoms with Crippen LogP contribution in [0.1, 0.15) is 19.4 Å². The summed E-state index contributed by atoms with van der Waals surface area (Å²) in [5.41, 5.74) is 2.12. The highest BCUT2D eigenvalue weighted by atomic mass is 16.5. The van der Waals surface area contributed by atoms with Crippen molar-refractivity contribution in [3.63, 3.8) is 0 Å². The molecule has 0 fully saturated rings. The monoisotopic (exact) mass is 377 g/mol. The Balaban J connectivity index is 1.50. The maximum absolute atomic E-state index is 5.86. The Hall–Kier alpha value is -3.14. The number of anilines is 1. The van der Waals surface area contributed by atoms with E-state index >= 15 is 0 Å². The van der Waals surface area contributed by atoms with Crippen molar-refractivity contribution in [1.82, 2.24) is 0 Å². The summed E-state index contributed by atoms with van der Waals surface area (Å²) in [4.78, 5) is 0. The van der Waals surface area contributed by atoms with E-state index in [2.05, 4.69) is 11.4 Å². The van der Waals surface area contributed by atoms with Gasteiger partial charge in [0.25, 0.3) is 0 Å². The molecule has 0 radical (unpaired) electrons. The second kappa shape index (κ2) is 10.3. The summed E-state index contributed by atoms with van der Waals surface area (Å²) < 4.78 is 17.3. The predicted octanol–water partition coefficient (Wildman–Crippen LogP) is 5.54. The molecule has 0 heterocycles. The Morgan fingerprint density at radius 1 is 0.750 bits per heavy atom. The molecule has 0 spiro atoms. The van der Waals surface area contributed by atoms with E-state index in [0.29, 0.717) is 19.8 Å². The van der Waals surface area contributed by atoms with Crippen molar-refractivity contribution in [3.05, 3.63) is 84.4 Å². The van der Waals surface area contributed by atoms with Gasteiger partial charge in [-0.25, -0.2) is 0 Å². The lowest BCUT2D eigenvalue weighted by Gasteiger charge is -2.15. The SMILES string of the molecule is CC(C)Oc1ccccc1NCc1cccc(OCCOc2ccccc2)c1. The van der Waals surface area contributed by atoms with E-state index in [-0.39, 0.29) is 6.10 Å². The van der Waals surface area contributed by atoms with E-state index in [4.69, 9.17) is 14.2 Å². The fourth-order valence-electron chi connectivity index (χ4n) is 2.75. The molecule has 0 saturated carbocycles. The molecule has 0 bridgehead atoms. The van der Waals surface area contributed by atoms with Crippen LogP contribution in [0.15, 0.2) is 78.9 Å². The van der Waals surface area contributed by atoms with Gasteiger partial charge < -0.3 is 19.5 Å². The van der Waals surface area contributed by atoms with E-state index in [9.17, 15) is 0 Å². The molecule has 0 amide bonds. The number of rotatable bonds is 10. The van der Waals surface area contributed by atoms with E-state index < -0.39 is 0 Å². The van der Waals surface area contributed by atoms with Gasteiger partial charge in [-0.05, 0) is 55.8 Å². The highest BCUT2D eigenvalue weighted by Crippen LogP contribution is 2.25. The summed E-state index contributed by atoms with van der Waals surface area (Å²) in [6, 6.07) is 25.8. The van der Waals surface area contributed by atoms with Crippen molar-refractivity contribution in [2.75, 3.05) is 18.5 Å². The van der Waals surface area contributed by atoms with Gasteiger partial charge in [0.1, 0.15) is 30.5 Å². The Morgan fingerprint density at radius 3 is 2.21 bits per heavy atom. The molecule has 0 aliphatic carbocycles. The topological polar surface area (TPSA) is 39.7 Å². The Bertz CT molecular complexity index is 849. The maximum atomic E-state index is 5.86. The Morgan fingerprint density at radius 2 is 1.43 bits per heavy atom. The molecule has 4 heteroatoms. The second-order valence-corrected chi connectivity index (χ2v) is 6.67. The van der Waals surface area contributed by atoms with Crippen LogP contribution >= 0.6 is 0 Å². The van der Waals surface area contributed by atoms with Crippen LogP contribution in [-0.2, 0) is 6.54 Å². The largest absolute Gasteiger partial charge is 0.490 e. The minimum Gasteiger partial charge on any atom is -0.490 e. The molecule has 3 aromatic rings. The van der Waals surface area contributed by atoms with Gasteiger partial charge in [-0.3, -0.25) is 0 Å². The first-order chi connectivity index (χ1) is 13.7. The van der Waals surface area contributed by atoms with Gasteiger partial charge in [0.2, 0.25) is 0 Å². The van der Waals surface area contributed by atoms with E-state index in [1.807, 2.05) is 86.6 Å². The average molecular weight is 377 g/mol. The van der Waals surface area contributed by atoms with Crippen LogP contribution in [0.4, 0.5) is 5.69 Å². The highest BCUT2D eigenvalue weighted by molar-refractivity contribution is 5.56. The number of benzene rings is 3. The van der Waals surface area contributed by atoms with Crippen LogP contribution in [0, 0.1) is 0 Å². The lowest BCUT2D eigenvalue weighted by atomic mass is 10.2. The molecular weight excluding hydrogens is 350 g/mol. The lowest BCUT2D eigenvalue weighted by molar-refractivity contribution is 0.217. The second-order valence-electron chi connectivity index (χ2n) is 6.67. The van der Waals surface area contributed by atoms with Crippen LogP contribution < -0.4 is 19.5 Å². The molecule has 0 atom stereocenters. The number of para-hydroxylation sites is 3. The van der Waals surface area contributed by atoms with Crippen molar-refractivity contribution in [2.45, 2.75) is 26.5 Å². The summed E-state index contributed by atoms with van der Waals surface area (Å²) in [5, 5.41) is 3.45. The minimum absolute atomic E-state index is 0.137. The van der Waals surface area contributed by atoms with E-state index in [1.54, 1.807) is 0 Å². The van der Waals surface area contributed by atoms with Crippen molar-refractivity contribution >= 4 is 5.69 Å². The first kappa shape index (κ1) is 19.6. The van der Waals surface area contributed by atoms with Crippen LogP contribution in [0.3, 0.4) is 0 Å². The highest BCUT2D eigenvalue weighted by Gasteiger charge is 2.05. The zero-order chi connectivity index (χ0) is 19.6. The number of hydrogen-bond donors (Lipinski definition) is 1. The van der Waals surface area contributed by atoms with Gasteiger partial charge >= 0.3 is 0 Å². The third-order valence-corrected chi connectivity index (χ3v) is 4.00. The fourth-order valence-corrected chi connectivity index (χ4v) is 2.75. The quantitative estimate of drug-likeness (QED) is 0.471. The molecule has 146 valence electrons. The zero-order valence-electron chi connectivity index (χ0n) is 16.4. The third-order valence-electron chi connectivity index (χ3n) is 4.00. The van der Waals surface area contributed by atoms with Crippen molar-refractivity contribution in [2.24, 2.45) is 0 Å². The molecule has 3 rings (SSSR count). The Labute approximate surface area is 167 Å². The lowest BCUT2D eigenvalue weighted by Crippen LogP contribution is -2.10. The smallest absolute Gasteiger partial charge is 0.142 e. The molecule has 28 heavy (non-hydrogen) atoms. The molecular formula is C24H27NO3. The number of hydrogen-bond acceptors (Lipinski definition) is 4. The summed E-state index contributed by atoms with van der Waals surface area (Å²) in [5.74, 6) is 2.55. The molecule has 0 saturated heterocycles. The standard InChI is InChI=1S/C24H27NO3/c1-19(2)28-24-14-7-6-13-23(24)25-18-20-9-8-12-22(17-20)27-16-15-26-21-10-4-3-5-11-21/h3-14,17,19,25H,15-16,18H2,1-2H3. The Kier molecular flexibility index (Phi) is 7.19. The van der Waals surface area contributed by atoms with Crippen molar-refractivity contribution in [1.29, 1.82) is 0 Å². The fraction of sp³-hybridized carbons (Fsp3) is 0.250. The predicted molar refractivity (Wildman–Crippen MR) is 113 cm³/mol. The van der Waals surface area contributed by atoms with Crippen LogP contribution in [0.5, 0.6) is 17.2 Å². The van der Waals surface area contributed by atoms with Gasteiger partial charge in [0.05, 0.1) is 11.8 Å². The molecule has 0 aliphatic rings. The zero-order valence-corrected chi connectivity index (χ0v) is 16.4. The van der Waals surface area contributed by atoms with Gasteiger partial charge in [0, 0.05) is 6.54 Å². The summed E-state index contributed by atoms with van der Waals surface area (Å²) >= 11 is 0. The average Bonchev–Trinajstić information content (AvgIpc) is 2.71. The van der Waals surface area contributed by atoms with Gasteiger partial charge in [-0.15, -0.1) is 0 Å². The summed E-state index contributed by atoms with van der Waals surface area (Å²) in [6.45, 7) is 5.75. The molecule has 4 nitrogen and oxygen atoms in total. The molecule has 1 N–H and O–H groups in total. The van der Waals surface area contributed by atoms with E-state index in [0.717, 1.165) is 28.5 Å². The number of nitrogens with one attached hydrogen (secondary N) is 1. The normalized spacial score (nSPS) is 10.5. The number of ether oxygens (including phenoxy) is 3. The van der Waals surface area contributed by atoms with Gasteiger partial charge in [-0.1, -0.05) is 42.5 Å². The first-order valence-electron chi connectivity index (χ1n) is 9.60. The van der Waals surface area contributed by atoms with Crippen LogP contribution in [0.2, 0.25) is 0 Å².